The highest BCUT2D eigenvalue weighted by Crippen LogP contribution is 2.13. The molecular formula is C11H15N3O. The van der Waals surface area contributed by atoms with Crippen LogP contribution in [-0.4, -0.2) is 27.8 Å². The van der Waals surface area contributed by atoms with Gasteiger partial charge in [0.25, 0.3) is 0 Å². The molecule has 0 aliphatic heterocycles. The predicted molar refractivity (Wildman–Crippen MR) is 59.5 cm³/mol. The van der Waals surface area contributed by atoms with E-state index in [-0.39, 0.29) is 6.61 Å². The molecule has 80 valence electrons. The van der Waals surface area contributed by atoms with Crippen molar-refractivity contribution in [2.24, 2.45) is 7.05 Å². The van der Waals surface area contributed by atoms with E-state index in [1.165, 1.54) is 5.56 Å². The van der Waals surface area contributed by atoms with Crippen LogP contribution in [0.25, 0.3) is 11.0 Å². The Morgan fingerprint density at radius 3 is 3.13 bits per heavy atom. The minimum atomic E-state index is 0.172. The lowest BCUT2D eigenvalue weighted by atomic mass is 10.2. The van der Waals surface area contributed by atoms with Crippen LogP contribution in [0.4, 0.5) is 0 Å². The Morgan fingerprint density at radius 2 is 2.33 bits per heavy atom. The van der Waals surface area contributed by atoms with E-state index < -0.39 is 0 Å². The molecule has 0 atom stereocenters. The standard InChI is InChI=1S/C11H15N3O/c1-14-8-13-10-6-9(2-3-11(10)14)7-12-4-5-15/h2-3,6,8,12,15H,4-5,7H2,1H3. The molecule has 0 saturated carbocycles. The smallest absolute Gasteiger partial charge is 0.0955 e. The third-order valence-electron chi connectivity index (χ3n) is 2.41. The van der Waals surface area contributed by atoms with Crippen molar-refractivity contribution in [3.63, 3.8) is 0 Å². The maximum Gasteiger partial charge on any atom is 0.0955 e. The molecule has 0 spiro atoms. The summed E-state index contributed by atoms with van der Waals surface area (Å²) in [5.74, 6) is 0. The summed E-state index contributed by atoms with van der Waals surface area (Å²) in [7, 11) is 1.99. The van der Waals surface area contributed by atoms with Gasteiger partial charge in [-0.25, -0.2) is 4.98 Å². The van der Waals surface area contributed by atoms with Gasteiger partial charge in [-0.3, -0.25) is 0 Å². The van der Waals surface area contributed by atoms with E-state index in [0.29, 0.717) is 6.54 Å². The van der Waals surface area contributed by atoms with Crippen molar-refractivity contribution in [2.45, 2.75) is 6.54 Å². The molecule has 0 aliphatic carbocycles. The van der Waals surface area contributed by atoms with Crippen molar-refractivity contribution in [3.05, 3.63) is 30.1 Å². The zero-order chi connectivity index (χ0) is 10.7. The number of imidazole rings is 1. The van der Waals surface area contributed by atoms with Crippen LogP contribution in [0.1, 0.15) is 5.56 Å². The average molecular weight is 205 g/mol. The number of aliphatic hydroxyl groups excluding tert-OH is 1. The highest BCUT2D eigenvalue weighted by Gasteiger charge is 2.00. The molecular weight excluding hydrogens is 190 g/mol. The summed E-state index contributed by atoms with van der Waals surface area (Å²) in [4.78, 5) is 4.29. The molecule has 4 nitrogen and oxygen atoms in total. The first-order valence-corrected chi connectivity index (χ1v) is 5.03. The Bertz CT molecular complexity index is 450. The summed E-state index contributed by atoms with van der Waals surface area (Å²) in [6.45, 7) is 1.57. The number of aromatic nitrogens is 2. The van der Waals surface area contributed by atoms with E-state index in [0.717, 1.165) is 17.6 Å². The van der Waals surface area contributed by atoms with Crippen LogP contribution in [-0.2, 0) is 13.6 Å². The van der Waals surface area contributed by atoms with Gasteiger partial charge in [-0.1, -0.05) is 6.07 Å². The summed E-state index contributed by atoms with van der Waals surface area (Å²) in [5.41, 5.74) is 3.34. The van der Waals surface area contributed by atoms with Crippen LogP contribution in [0.5, 0.6) is 0 Å². The topological polar surface area (TPSA) is 50.1 Å². The molecule has 0 fully saturated rings. The lowest BCUT2D eigenvalue weighted by molar-refractivity contribution is 0.292. The summed E-state index contributed by atoms with van der Waals surface area (Å²) >= 11 is 0. The fraction of sp³-hybridized carbons (Fsp3) is 0.364. The summed E-state index contributed by atoms with van der Waals surface area (Å²) in [6, 6.07) is 6.21. The van der Waals surface area contributed by atoms with Gasteiger partial charge in [-0.15, -0.1) is 0 Å². The fourth-order valence-electron chi connectivity index (χ4n) is 1.60. The molecule has 1 aromatic heterocycles. The first-order chi connectivity index (χ1) is 7.31. The number of fused-ring (bicyclic) bond motifs is 1. The van der Waals surface area contributed by atoms with Crippen molar-refractivity contribution in [3.8, 4) is 0 Å². The molecule has 2 aromatic rings. The Balaban J connectivity index is 2.16. The molecule has 1 heterocycles. The van der Waals surface area contributed by atoms with Crippen molar-refractivity contribution in [1.29, 1.82) is 0 Å². The molecule has 0 unspecified atom stereocenters. The number of hydrogen-bond donors (Lipinski definition) is 2. The zero-order valence-corrected chi connectivity index (χ0v) is 8.77. The van der Waals surface area contributed by atoms with Crippen molar-refractivity contribution in [2.75, 3.05) is 13.2 Å². The number of benzene rings is 1. The molecule has 0 bridgehead atoms. The summed E-state index contributed by atoms with van der Waals surface area (Å²) in [5, 5.41) is 11.8. The fourth-order valence-corrected chi connectivity index (χ4v) is 1.60. The SMILES string of the molecule is Cn1cnc2cc(CNCCO)ccc21. The minimum Gasteiger partial charge on any atom is -0.395 e. The number of nitrogens with zero attached hydrogens (tertiary/aromatic N) is 2. The molecule has 15 heavy (non-hydrogen) atoms. The van der Waals surface area contributed by atoms with Gasteiger partial charge in [0.1, 0.15) is 0 Å². The van der Waals surface area contributed by atoms with Crippen molar-refractivity contribution < 1.29 is 5.11 Å². The van der Waals surface area contributed by atoms with Gasteiger partial charge >= 0.3 is 0 Å². The second kappa shape index (κ2) is 4.42. The maximum atomic E-state index is 8.64. The second-order valence-corrected chi connectivity index (χ2v) is 3.58. The Kier molecular flexibility index (Phi) is 2.99. The molecule has 4 heteroatoms. The van der Waals surface area contributed by atoms with Gasteiger partial charge in [-0.05, 0) is 17.7 Å². The number of rotatable bonds is 4. The van der Waals surface area contributed by atoms with E-state index in [9.17, 15) is 0 Å². The van der Waals surface area contributed by atoms with E-state index >= 15 is 0 Å². The van der Waals surface area contributed by atoms with Gasteiger partial charge in [0.05, 0.1) is 24.0 Å². The van der Waals surface area contributed by atoms with Gasteiger partial charge in [0.2, 0.25) is 0 Å². The number of aryl methyl sites for hydroxylation is 1. The minimum absolute atomic E-state index is 0.172. The Labute approximate surface area is 88.6 Å². The van der Waals surface area contributed by atoms with Gasteiger partial charge in [0.15, 0.2) is 0 Å². The highest BCUT2D eigenvalue weighted by atomic mass is 16.3. The summed E-state index contributed by atoms with van der Waals surface area (Å²) < 4.78 is 2.00. The predicted octanol–water partition coefficient (Wildman–Crippen LogP) is 0.655. The third-order valence-corrected chi connectivity index (χ3v) is 2.41. The lowest BCUT2D eigenvalue weighted by Crippen LogP contribution is -2.17. The quantitative estimate of drug-likeness (QED) is 0.721. The third kappa shape index (κ3) is 2.16. The van der Waals surface area contributed by atoms with Gasteiger partial charge in [-0.2, -0.15) is 0 Å². The highest BCUT2D eigenvalue weighted by molar-refractivity contribution is 5.75. The average Bonchev–Trinajstić information content (AvgIpc) is 2.61. The monoisotopic (exact) mass is 205 g/mol. The van der Waals surface area contributed by atoms with Crippen LogP contribution in [0, 0.1) is 0 Å². The van der Waals surface area contributed by atoms with Crippen LogP contribution in [0.3, 0.4) is 0 Å². The molecule has 0 amide bonds. The molecule has 2 rings (SSSR count). The van der Waals surface area contributed by atoms with Crippen LogP contribution >= 0.6 is 0 Å². The van der Waals surface area contributed by atoms with E-state index in [2.05, 4.69) is 28.5 Å². The van der Waals surface area contributed by atoms with Crippen molar-refractivity contribution in [1.82, 2.24) is 14.9 Å². The Hall–Kier alpha value is -1.39. The summed E-state index contributed by atoms with van der Waals surface area (Å²) in [6.07, 6.45) is 1.82. The van der Waals surface area contributed by atoms with Gasteiger partial charge < -0.3 is 15.0 Å². The lowest BCUT2D eigenvalue weighted by Gasteiger charge is -2.03. The first kappa shape index (κ1) is 10.1. The van der Waals surface area contributed by atoms with Crippen molar-refractivity contribution >= 4 is 11.0 Å². The zero-order valence-electron chi connectivity index (χ0n) is 8.77. The molecule has 0 aliphatic rings. The number of hydrogen-bond acceptors (Lipinski definition) is 3. The molecule has 0 radical (unpaired) electrons. The van der Waals surface area contributed by atoms with E-state index in [4.69, 9.17) is 5.11 Å². The van der Waals surface area contributed by atoms with E-state index in [1.807, 2.05) is 17.9 Å². The van der Waals surface area contributed by atoms with Gasteiger partial charge in [0, 0.05) is 20.1 Å². The Morgan fingerprint density at radius 1 is 1.47 bits per heavy atom. The van der Waals surface area contributed by atoms with Crippen LogP contribution in [0.15, 0.2) is 24.5 Å². The van der Waals surface area contributed by atoms with Crippen LogP contribution in [0.2, 0.25) is 0 Å². The first-order valence-electron chi connectivity index (χ1n) is 5.03. The maximum absolute atomic E-state index is 8.64. The number of nitrogens with one attached hydrogen (secondary N) is 1. The van der Waals surface area contributed by atoms with Crippen LogP contribution < -0.4 is 5.32 Å². The van der Waals surface area contributed by atoms with E-state index in [1.54, 1.807) is 0 Å². The largest absolute Gasteiger partial charge is 0.395 e. The normalized spacial score (nSPS) is 11.1. The molecule has 2 N–H and O–H groups in total. The number of aliphatic hydroxyl groups is 1. The second-order valence-electron chi connectivity index (χ2n) is 3.58. The molecule has 0 saturated heterocycles. The molecule has 1 aromatic carbocycles.